The third-order valence-corrected chi connectivity index (χ3v) is 8.10. The molecule has 3 amide bonds. The lowest BCUT2D eigenvalue weighted by atomic mass is 9.90. The van der Waals surface area contributed by atoms with Gasteiger partial charge in [0.05, 0.1) is 18.9 Å². The number of carbonyl (C=O) groups excluding carboxylic acids is 4. The Kier molecular flexibility index (Phi) is 13.8. The van der Waals surface area contributed by atoms with E-state index in [0.29, 0.717) is 56.6 Å². The molecule has 0 bridgehead atoms. The number of benzene rings is 2. The van der Waals surface area contributed by atoms with E-state index in [9.17, 15) is 19.2 Å². The van der Waals surface area contributed by atoms with E-state index in [1.165, 1.54) is 0 Å². The fourth-order valence-electron chi connectivity index (χ4n) is 5.71. The monoisotopic (exact) mass is 632 g/mol. The first kappa shape index (κ1) is 34.4. The Hall–Kier alpha value is -4.51. The molecule has 0 saturated heterocycles. The van der Waals surface area contributed by atoms with Crippen LogP contribution in [0.3, 0.4) is 0 Å². The van der Waals surface area contributed by atoms with E-state index in [2.05, 4.69) is 10.5 Å². The van der Waals surface area contributed by atoms with Crippen molar-refractivity contribution in [1.29, 1.82) is 0 Å². The molecule has 2 aliphatic rings. The fourth-order valence-corrected chi connectivity index (χ4v) is 5.71. The van der Waals surface area contributed by atoms with Gasteiger partial charge in [0, 0.05) is 31.4 Å². The van der Waals surface area contributed by atoms with Gasteiger partial charge in [-0.05, 0) is 86.8 Å². The number of esters is 1. The largest absolute Gasteiger partial charge is 0.494 e. The number of carbonyl (C=O) groups is 4. The van der Waals surface area contributed by atoms with Crippen LogP contribution >= 0.6 is 0 Å². The van der Waals surface area contributed by atoms with E-state index in [1.807, 2.05) is 41.3 Å². The summed E-state index contributed by atoms with van der Waals surface area (Å²) in [5, 5.41) is 12.7. The molecule has 11 heteroatoms. The molecule has 246 valence electrons. The molecule has 0 unspecified atom stereocenters. The molecule has 1 saturated carbocycles. The standard InChI is InChI=1S/C35H44N4O7/c40-32(38-44)18-4-3-9-21-45-29-15-11-14-28(23-29)35(43)37-36-24-26-12-10-13-27(22-26)25-39-30-16-7-8-17-31(30)46-34(42)20-6-2-1-5-19-33(39)41/h1-2,10-15,22-24,30-31,44H,3-9,16-21,25H2,(H,37,43)(H,38,40)/b2-1+,36-24+/t30-,31-/m1/s1. The number of rotatable bonds is 12. The molecule has 0 spiro atoms. The maximum Gasteiger partial charge on any atom is 0.306 e. The number of hydrogen-bond acceptors (Lipinski definition) is 8. The number of allylic oxidation sites excluding steroid dienone is 2. The van der Waals surface area contributed by atoms with Crippen molar-refractivity contribution in [3.8, 4) is 5.75 Å². The van der Waals surface area contributed by atoms with Gasteiger partial charge in [-0.25, -0.2) is 10.9 Å². The molecule has 2 aromatic rings. The van der Waals surface area contributed by atoms with Crippen LogP contribution in [-0.2, 0) is 25.7 Å². The maximum absolute atomic E-state index is 13.4. The zero-order valence-corrected chi connectivity index (χ0v) is 26.2. The number of ether oxygens (including phenoxy) is 2. The van der Waals surface area contributed by atoms with Crippen LogP contribution in [0.2, 0.25) is 0 Å². The zero-order valence-electron chi connectivity index (χ0n) is 26.2. The third-order valence-electron chi connectivity index (χ3n) is 8.10. The van der Waals surface area contributed by atoms with Crippen LogP contribution in [0.1, 0.15) is 98.5 Å². The summed E-state index contributed by atoms with van der Waals surface area (Å²) in [6.45, 7) is 0.826. The summed E-state index contributed by atoms with van der Waals surface area (Å²) in [4.78, 5) is 51.6. The molecular weight excluding hydrogens is 588 g/mol. The lowest BCUT2D eigenvalue weighted by Gasteiger charge is -2.39. The molecule has 2 aromatic carbocycles. The second-order valence-corrected chi connectivity index (χ2v) is 11.6. The minimum absolute atomic E-state index is 0.0443. The van der Waals surface area contributed by atoms with Gasteiger partial charge < -0.3 is 14.4 Å². The Morgan fingerprint density at radius 2 is 1.80 bits per heavy atom. The van der Waals surface area contributed by atoms with Crippen LogP contribution in [0.4, 0.5) is 0 Å². The Balaban J connectivity index is 1.34. The number of hydrazone groups is 1. The first-order chi connectivity index (χ1) is 22.4. The van der Waals surface area contributed by atoms with Crippen LogP contribution in [0.5, 0.6) is 5.75 Å². The molecule has 46 heavy (non-hydrogen) atoms. The van der Waals surface area contributed by atoms with E-state index < -0.39 is 5.91 Å². The number of nitrogens with one attached hydrogen (secondary N) is 2. The predicted octanol–water partition coefficient (Wildman–Crippen LogP) is 5.21. The topological polar surface area (TPSA) is 147 Å². The smallest absolute Gasteiger partial charge is 0.306 e. The first-order valence-corrected chi connectivity index (χ1v) is 16.1. The van der Waals surface area contributed by atoms with E-state index in [-0.39, 0.29) is 36.4 Å². The van der Waals surface area contributed by atoms with E-state index in [1.54, 1.807) is 36.0 Å². The second kappa shape index (κ2) is 18.5. The van der Waals surface area contributed by atoms with Crippen LogP contribution in [0, 0.1) is 0 Å². The van der Waals surface area contributed by atoms with Crippen molar-refractivity contribution in [2.75, 3.05) is 6.61 Å². The van der Waals surface area contributed by atoms with Gasteiger partial charge in [0.15, 0.2) is 0 Å². The highest BCUT2D eigenvalue weighted by molar-refractivity contribution is 5.95. The van der Waals surface area contributed by atoms with Crippen LogP contribution in [-0.4, -0.2) is 58.8 Å². The number of nitrogens with zero attached hydrogens (tertiary/aromatic N) is 2. The molecule has 11 nitrogen and oxygen atoms in total. The number of amides is 3. The van der Waals surface area contributed by atoms with Crippen molar-refractivity contribution in [2.24, 2.45) is 5.10 Å². The summed E-state index contributed by atoms with van der Waals surface area (Å²) < 4.78 is 11.6. The molecule has 1 heterocycles. The average Bonchev–Trinajstić information content (AvgIpc) is 3.06. The highest BCUT2D eigenvalue weighted by atomic mass is 16.5. The number of hydrogen-bond donors (Lipinski definition) is 3. The summed E-state index contributed by atoms with van der Waals surface area (Å²) >= 11 is 0. The summed E-state index contributed by atoms with van der Waals surface area (Å²) in [5.74, 6) is -0.406. The summed E-state index contributed by atoms with van der Waals surface area (Å²) in [6, 6.07) is 14.3. The molecule has 1 fully saturated rings. The highest BCUT2D eigenvalue weighted by Crippen LogP contribution is 2.29. The van der Waals surface area contributed by atoms with Crippen molar-refractivity contribution < 1.29 is 33.9 Å². The number of hydroxylamine groups is 1. The van der Waals surface area contributed by atoms with Crippen molar-refractivity contribution in [3.05, 3.63) is 77.4 Å². The minimum atomic E-state index is -0.406. The van der Waals surface area contributed by atoms with Gasteiger partial charge in [0.1, 0.15) is 11.9 Å². The fraction of sp³-hybridized carbons (Fsp3) is 0.457. The quantitative estimate of drug-likeness (QED) is 0.0727. The van der Waals surface area contributed by atoms with Gasteiger partial charge in [0.2, 0.25) is 11.8 Å². The van der Waals surface area contributed by atoms with Crippen molar-refractivity contribution in [3.63, 3.8) is 0 Å². The number of unbranched alkanes of at least 4 members (excludes halogenated alkanes) is 2. The lowest BCUT2D eigenvalue weighted by Crippen LogP contribution is -2.49. The van der Waals surface area contributed by atoms with Gasteiger partial charge in [-0.3, -0.25) is 24.4 Å². The Bertz CT molecular complexity index is 1390. The van der Waals surface area contributed by atoms with Gasteiger partial charge in [-0.15, -0.1) is 0 Å². The molecule has 0 aromatic heterocycles. The average molecular weight is 633 g/mol. The first-order valence-electron chi connectivity index (χ1n) is 16.1. The van der Waals surface area contributed by atoms with Gasteiger partial charge >= 0.3 is 5.97 Å². The van der Waals surface area contributed by atoms with Crippen LogP contribution in [0.25, 0.3) is 0 Å². The number of fused-ring (bicyclic) bond motifs is 1. The predicted molar refractivity (Wildman–Crippen MR) is 172 cm³/mol. The minimum Gasteiger partial charge on any atom is -0.494 e. The highest BCUT2D eigenvalue weighted by Gasteiger charge is 2.35. The second-order valence-electron chi connectivity index (χ2n) is 11.6. The van der Waals surface area contributed by atoms with Crippen LogP contribution in [0.15, 0.2) is 65.8 Å². The lowest BCUT2D eigenvalue weighted by molar-refractivity contribution is -0.159. The maximum atomic E-state index is 13.4. The molecule has 4 rings (SSSR count). The SMILES string of the molecule is O=C(CCCCCOc1cccc(C(=O)N/N=C/c2cccc(CN3C(=O)CC/C=C/CCC(=O)O[C@@H]4CCCC[C@H]43)c2)c1)NO. The van der Waals surface area contributed by atoms with Gasteiger partial charge in [-0.1, -0.05) is 42.8 Å². The van der Waals surface area contributed by atoms with E-state index in [4.69, 9.17) is 14.7 Å². The van der Waals surface area contributed by atoms with Crippen molar-refractivity contribution in [1.82, 2.24) is 15.8 Å². The Labute approximate surface area is 270 Å². The summed E-state index contributed by atoms with van der Waals surface area (Å²) in [7, 11) is 0. The molecule has 0 radical (unpaired) electrons. The molecule has 1 aliphatic carbocycles. The molecule has 2 atom stereocenters. The van der Waals surface area contributed by atoms with Crippen molar-refractivity contribution in [2.45, 2.75) is 95.7 Å². The van der Waals surface area contributed by atoms with Gasteiger partial charge in [-0.2, -0.15) is 5.10 Å². The molecule has 1 aliphatic heterocycles. The third kappa shape index (κ3) is 11.1. The van der Waals surface area contributed by atoms with Crippen LogP contribution < -0.4 is 15.6 Å². The molecular formula is C35H44N4O7. The van der Waals surface area contributed by atoms with E-state index >= 15 is 0 Å². The Morgan fingerprint density at radius 1 is 1.00 bits per heavy atom. The van der Waals surface area contributed by atoms with Gasteiger partial charge in [0.25, 0.3) is 5.91 Å². The van der Waals surface area contributed by atoms with E-state index in [0.717, 1.165) is 49.7 Å². The normalized spacial score (nSPS) is 19.7. The summed E-state index contributed by atoms with van der Waals surface area (Å²) in [6.07, 6.45) is 13.1. The summed E-state index contributed by atoms with van der Waals surface area (Å²) in [5.41, 5.74) is 6.26. The zero-order chi connectivity index (χ0) is 32.6. The molecule has 3 N–H and O–H groups in total. The Morgan fingerprint density at radius 3 is 2.65 bits per heavy atom. The van der Waals surface area contributed by atoms with Crippen molar-refractivity contribution >= 4 is 29.9 Å².